The first kappa shape index (κ1) is 15.1. The number of thiophene rings is 1. The first-order valence-electron chi connectivity index (χ1n) is 6.55. The van der Waals surface area contributed by atoms with Crippen LogP contribution in [0.2, 0.25) is 8.67 Å². The van der Waals surface area contributed by atoms with E-state index in [0.717, 1.165) is 42.1 Å². The summed E-state index contributed by atoms with van der Waals surface area (Å²) in [5.74, 6) is 0.213. The summed E-state index contributed by atoms with van der Waals surface area (Å²) < 4.78 is 1.44. The molecule has 1 aliphatic heterocycles. The Hall–Kier alpha value is -0.290. The van der Waals surface area contributed by atoms with Crippen molar-refractivity contribution in [2.45, 2.75) is 38.1 Å². The second kappa shape index (κ2) is 6.93. The molecule has 0 aromatic carbocycles. The van der Waals surface area contributed by atoms with Crippen LogP contribution in [0.3, 0.4) is 0 Å². The lowest BCUT2D eigenvalue weighted by Gasteiger charge is -2.23. The largest absolute Gasteiger partial charge is 0.338 e. The average molecular weight is 321 g/mol. The molecule has 0 unspecified atom stereocenters. The molecule has 0 aliphatic carbocycles. The van der Waals surface area contributed by atoms with Crippen LogP contribution >= 0.6 is 34.5 Å². The van der Waals surface area contributed by atoms with Gasteiger partial charge in [-0.25, -0.2) is 0 Å². The molecule has 106 valence electrons. The topological polar surface area (TPSA) is 46.3 Å². The molecule has 1 aromatic heterocycles. The van der Waals surface area contributed by atoms with E-state index in [4.69, 9.17) is 28.9 Å². The summed E-state index contributed by atoms with van der Waals surface area (Å²) in [5, 5.41) is 0. The van der Waals surface area contributed by atoms with Gasteiger partial charge in [0, 0.05) is 25.6 Å². The van der Waals surface area contributed by atoms with Gasteiger partial charge < -0.3 is 10.6 Å². The number of amides is 1. The molecule has 1 aliphatic rings. The summed E-state index contributed by atoms with van der Waals surface area (Å²) in [5.41, 5.74) is 6.72. The van der Waals surface area contributed by atoms with Gasteiger partial charge in [0.2, 0.25) is 5.91 Å². The molecule has 2 rings (SSSR count). The number of carbonyl (C=O) groups is 1. The van der Waals surface area contributed by atoms with Gasteiger partial charge in [-0.3, -0.25) is 4.79 Å². The maximum Gasteiger partial charge on any atom is 0.222 e. The zero-order valence-electron chi connectivity index (χ0n) is 10.7. The van der Waals surface area contributed by atoms with Gasteiger partial charge in [0.25, 0.3) is 0 Å². The number of nitrogens with two attached hydrogens (primary N) is 1. The predicted octanol–water partition coefficient (Wildman–Crippen LogP) is 3.33. The molecular weight excluding hydrogens is 303 g/mol. The second-order valence-corrected chi connectivity index (χ2v) is 7.11. The van der Waals surface area contributed by atoms with Crippen LogP contribution in [-0.4, -0.2) is 29.9 Å². The highest BCUT2D eigenvalue weighted by Crippen LogP contribution is 2.32. The summed E-state index contributed by atoms with van der Waals surface area (Å²) in [6.45, 7) is 1.42. The van der Waals surface area contributed by atoms with E-state index >= 15 is 0 Å². The van der Waals surface area contributed by atoms with E-state index in [1.807, 2.05) is 11.0 Å². The smallest absolute Gasteiger partial charge is 0.222 e. The van der Waals surface area contributed by atoms with Crippen molar-refractivity contribution in [3.05, 3.63) is 20.3 Å². The maximum absolute atomic E-state index is 12.1. The number of hydrogen-bond acceptors (Lipinski definition) is 3. The summed E-state index contributed by atoms with van der Waals surface area (Å²) >= 11 is 13.3. The van der Waals surface area contributed by atoms with Crippen LogP contribution in [0.1, 0.15) is 31.2 Å². The van der Waals surface area contributed by atoms with E-state index < -0.39 is 0 Å². The van der Waals surface area contributed by atoms with E-state index in [1.54, 1.807) is 0 Å². The van der Waals surface area contributed by atoms with Gasteiger partial charge in [0.1, 0.15) is 0 Å². The third kappa shape index (κ3) is 3.85. The second-order valence-electron chi connectivity index (χ2n) is 4.82. The van der Waals surface area contributed by atoms with Gasteiger partial charge in [0.15, 0.2) is 0 Å². The third-order valence-corrected chi connectivity index (χ3v) is 5.10. The van der Waals surface area contributed by atoms with E-state index in [1.165, 1.54) is 11.3 Å². The van der Waals surface area contributed by atoms with Crippen LogP contribution in [0.25, 0.3) is 0 Å². The van der Waals surface area contributed by atoms with Crippen LogP contribution in [-0.2, 0) is 11.2 Å². The summed E-state index contributed by atoms with van der Waals surface area (Å²) in [6.07, 6.45) is 4.27. The Labute approximate surface area is 127 Å². The Balaban J connectivity index is 1.79. The standard InChI is InChI=1S/C13H18Cl2N2OS/c14-11-7-9(13(15)19-11)3-1-5-12(18)17-6-2-4-10(17)8-16/h7,10H,1-6,8,16H2/t10-/m1/s1. The molecule has 1 fully saturated rings. The first-order valence-corrected chi connectivity index (χ1v) is 8.12. The lowest BCUT2D eigenvalue weighted by Crippen LogP contribution is -2.39. The number of rotatable bonds is 5. The molecule has 19 heavy (non-hydrogen) atoms. The first-order chi connectivity index (χ1) is 9.11. The molecular formula is C13H18Cl2N2OS. The van der Waals surface area contributed by atoms with Crippen LogP contribution < -0.4 is 5.73 Å². The van der Waals surface area contributed by atoms with Gasteiger partial charge in [-0.1, -0.05) is 23.2 Å². The zero-order chi connectivity index (χ0) is 13.8. The molecule has 0 saturated carbocycles. The minimum atomic E-state index is 0.213. The Kier molecular flexibility index (Phi) is 5.51. The maximum atomic E-state index is 12.1. The fourth-order valence-electron chi connectivity index (χ4n) is 2.53. The van der Waals surface area contributed by atoms with Crippen molar-refractivity contribution < 1.29 is 4.79 Å². The van der Waals surface area contributed by atoms with Crippen LogP contribution in [0.15, 0.2) is 6.07 Å². The Morgan fingerprint density at radius 1 is 1.53 bits per heavy atom. The van der Waals surface area contributed by atoms with Crippen molar-refractivity contribution >= 4 is 40.4 Å². The van der Waals surface area contributed by atoms with Crippen molar-refractivity contribution in [3.8, 4) is 0 Å². The highest BCUT2D eigenvalue weighted by molar-refractivity contribution is 7.20. The third-order valence-electron chi connectivity index (χ3n) is 3.53. The van der Waals surface area contributed by atoms with Crippen molar-refractivity contribution in [1.29, 1.82) is 0 Å². The van der Waals surface area contributed by atoms with Gasteiger partial charge in [-0.2, -0.15) is 0 Å². The molecule has 2 N–H and O–H groups in total. The quantitative estimate of drug-likeness (QED) is 0.904. The molecule has 0 spiro atoms. The van der Waals surface area contributed by atoms with Crippen LogP contribution in [0.4, 0.5) is 0 Å². The summed E-state index contributed by atoms with van der Waals surface area (Å²) in [7, 11) is 0. The van der Waals surface area contributed by atoms with Crippen molar-refractivity contribution in [2.75, 3.05) is 13.1 Å². The average Bonchev–Trinajstić information content (AvgIpc) is 2.96. The molecule has 0 bridgehead atoms. The fraction of sp³-hybridized carbons (Fsp3) is 0.615. The number of aryl methyl sites for hydroxylation is 1. The molecule has 1 aromatic rings. The van der Waals surface area contributed by atoms with E-state index in [9.17, 15) is 4.79 Å². The zero-order valence-corrected chi connectivity index (χ0v) is 13.0. The molecule has 1 saturated heterocycles. The molecule has 0 radical (unpaired) electrons. The lowest BCUT2D eigenvalue weighted by molar-refractivity contribution is -0.131. The van der Waals surface area contributed by atoms with E-state index in [-0.39, 0.29) is 11.9 Å². The fourth-order valence-corrected chi connectivity index (χ4v) is 4.07. The summed E-state index contributed by atoms with van der Waals surface area (Å²) in [6, 6.07) is 2.13. The Morgan fingerprint density at radius 2 is 2.32 bits per heavy atom. The number of carbonyl (C=O) groups excluding carboxylic acids is 1. The number of likely N-dealkylation sites (tertiary alicyclic amines) is 1. The highest BCUT2D eigenvalue weighted by Gasteiger charge is 2.26. The molecule has 6 heteroatoms. The van der Waals surface area contributed by atoms with Crippen molar-refractivity contribution in [3.63, 3.8) is 0 Å². The van der Waals surface area contributed by atoms with Gasteiger partial charge in [0.05, 0.1) is 8.67 Å². The number of halogens is 2. The summed E-state index contributed by atoms with van der Waals surface area (Å²) in [4.78, 5) is 14.0. The predicted molar refractivity (Wildman–Crippen MR) is 81.1 cm³/mol. The Bertz CT molecular complexity index is 450. The molecule has 1 atom stereocenters. The Morgan fingerprint density at radius 3 is 2.95 bits per heavy atom. The monoisotopic (exact) mass is 320 g/mol. The lowest BCUT2D eigenvalue weighted by atomic mass is 10.1. The van der Waals surface area contributed by atoms with Crippen LogP contribution in [0.5, 0.6) is 0 Å². The minimum Gasteiger partial charge on any atom is -0.338 e. The van der Waals surface area contributed by atoms with E-state index in [2.05, 4.69) is 0 Å². The molecule has 2 heterocycles. The van der Waals surface area contributed by atoms with Crippen molar-refractivity contribution in [2.24, 2.45) is 5.73 Å². The number of nitrogens with zero attached hydrogens (tertiary/aromatic N) is 1. The van der Waals surface area contributed by atoms with E-state index in [0.29, 0.717) is 17.3 Å². The minimum absolute atomic E-state index is 0.213. The van der Waals surface area contributed by atoms with Gasteiger partial charge >= 0.3 is 0 Å². The van der Waals surface area contributed by atoms with Gasteiger partial charge in [-0.05, 0) is 37.3 Å². The highest BCUT2D eigenvalue weighted by atomic mass is 35.5. The SMILES string of the molecule is NC[C@H]1CCCN1C(=O)CCCc1cc(Cl)sc1Cl. The van der Waals surface area contributed by atoms with Crippen molar-refractivity contribution in [1.82, 2.24) is 4.90 Å². The molecule has 3 nitrogen and oxygen atoms in total. The van der Waals surface area contributed by atoms with Gasteiger partial charge in [-0.15, -0.1) is 11.3 Å². The molecule has 1 amide bonds. The van der Waals surface area contributed by atoms with Crippen LogP contribution in [0, 0.1) is 0 Å². The number of hydrogen-bond donors (Lipinski definition) is 1. The normalized spacial score (nSPS) is 19.1.